The Morgan fingerprint density at radius 2 is 1.55 bits per heavy atom. The van der Waals surface area contributed by atoms with Crippen LogP contribution in [-0.4, -0.2) is 54.5 Å². The van der Waals surface area contributed by atoms with Gasteiger partial charge in [0.05, 0.1) is 7.11 Å². The molecule has 51 heavy (non-hydrogen) atoms. The summed E-state index contributed by atoms with van der Waals surface area (Å²) in [5.41, 5.74) is 11.1. The fourth-order valence-corrected chi connectivity index (χ4v) is 7.62. The molecule has 0 saturated carbocycles. The number of ketones is 1. The van der Waals surface area contributed by atoms with Crippen LogP contribution in [0.2, 0.25) is 0 Å². The van der Waals surface area contributed by atoms with Gasteiger partial charge in [-0.25, -0.2) is 0 Å². The molecule has 6 rings (SSSR count). The number of Topliss-reactive ketones (excluding diaryl/α,β-unsaturated/α-hetero) is 1. The molecule has 3 aliphatic rings. The maximum Gasteiger partial charge on any atom is 2.00 e. The minimum absolute atomic E-state index is 0. The zero-order valence-corrected chi connectivity index (χ0v) is 32.7. The summed E-state index contributed by atoms with van der Waals surface area (Å²) in [6.45, 7) is 16.6. The molecule has 1 saturated heterocycles. The van der Waals surface area contributed by atoms with Gasteiger partial charge in [0.15, 0.2) is 5.78 Å². The molecule has 3 aromatic rings. The molecule has 3 atom stereocenters. The normalized spacial score (nSPS) is 23.0. The standard InChI is InChI=1S/C41H47N4O5.Mg/c1-10-12-20(3)15-16-50-34(46)14-13-27-24(7)31-18-29-22(5)21(4)28(42-29)17-30-23(6)26(11-2)33(43-30)19-32-25(8)35-39(45-32)36(38(27)44-31)37(40(35)47)41(48)49-9;/h15,17-19,24,27,37H,10-14,16H2,1-9H3,(H-,44,45,47);/q-3;+2/p-1/b20-15-,30-17-,31-18-,33-19-;/t24-,27-,37+;/m0./s1. The maximum absolute atomic E-state index is 14.2. The minimum Gasteiger partial charge on any atom is -0.664 e. The number of ether oxygens (including phenoxy) is 2. The number of nitrogens with zero attached hydrogens (tertiary/aromatic N) is 4. The van der Waals surface area contributed by atoms with Crippen LogP contribution in [0.1, 0.15) is 114 Å². The first-order valence-electron chi connectivity index (χ1n) is 17.7. The van der Waals surface area contributed by atoms with Crippen LogP contribution in [0.4, 0.5) is 0 Å². The summed E-state index contributed by atoms with van der Waals surface area (Å²) in [4.78, 5) is 55.7. The van der Waals surface area contributed by atoms with Crippen LogP contribution in [0, 0.1) is 45.4 Å². The number of aromatic nitrogens is 3. The molecule has 9 nitrogen and oxygen atoms in total. The summed E-state index contributed by atoms with van der Waals surface area (Å²) in [5.74, 6) is -2.95. The van der Waals surface area contributed by atoms with E-state index in [4.69, 9.17) is 29.7 Å². The van der Waals surface area contributed by atoms with E-state index < -0.39 is 11.9 Å². The Bertz CT molecular complexity index is 2120. The Balaban J connectivity index is 0.00000504. The van der Waals surface area contributed by atoms with E-state index in [1.165, 1.54) is 12.7 Å². The maximum atomic E-state index is 14.2. The van der Waals surface area contributed by atoms with Gasteiger partial charge >= 0.3 is 35.0 Å². The number of allylic oxidation sites excluding steroid dienone is 3. The number of fused-ring (bicyclic) bond motifs is 7. The van der Waals surface area contributed by atoms with Gasteiger partial charge in [0.2, 0.25) is 0 Å². The molecule has 0 unspecified atom stereocenters. The molecule has 3 aromatic heterocycles. The van der Waals surface area contributed by atoms with E-state index in [0.29, 0.717) is 40.2 Å². The van der Waals surface area contributed by atoms with Crippen molar-refractivity contribution < 1.29 is 23.9 Å². The summed E-state index contributed by atoms with van der Waals surface area (Å²) in [5, 5.41) is 6.83. The van der Waals surface area contributed by atoms with E-state index in [0.717, 1.165) is 69.3 Å². The molecular weight excluding hydrogens is 653 g/mol. The predicted molar refractivity (Wildman–Crippen MR) is 199 cm³/mol. The van der Waals surface area contributed by atoms with Crippen molar-refractivity contribution in [2.24, 2.45) is 17.8 Å². The first kappa shape index (κ1) is 38.2. The van der Waals surface area contributed by atoms with Gasteiger partial charge in [0.1, 0.15) is 12.5 Å². The van der Waals surface area contributed by atoms with Crippen molar-refractivity contribution in [1.82, 2.24) is 15.0 Å². The summed E-state index contributed by atoms with van der Waals surface area (Å²) in [7, 11) is 1.29. The van der Waals surface area contributed by atoms with Crippen molar-refractivity contribution in [1.29, 1.82) is 0 Å². The molecule has 0 N–H and O–H groups in total. The van der Waals surface area contributed by atoms with Crippen LogP contribution >= 0.6 is 0 Å². The summed E-state index contributed by atoms with van der Waals surface area (Å²) in [6, 6.07) is 0. The van der Waals surface area contributed by atoms with Gasteiger partial charge in [0.25, 0.3) is 0 Å². The monoisotopic (exact) mass is 698 g/mol. The fourth-order valence-electron chi connectivity index (χ4n) is 7.62. The van der Waals surface area contributed by atoms with Crippen molar-refractivity contribution in [3.8, 4) is 0 Å². The molecule has 264 valence electrons. The van der Waals surface area contributed by atoms with Crippen LogP contribution in [0.15, 0.2) is 23.0 Å². The van der Waals surface area contributed by atoms with Crippen molar-refractivity contribution in [3.63, 3.8) is 0 Å². The second kappa shape index (κ2) is 15.3. The van der Waals surface area contributed by atoms with E-state index in [-0.39, 0.29) is 59.7 Å². The van der Waals surface area contributed by atoms with E-state index in [1.54, 1.807) is 0 Å². The van der Waals surface area contributed by atoms with Crippen molar-refractivity contribution in [2.45, 2.75) is 87.5 Å². The average molecular weight is 699 g/mol. The Kier molecular flexibility index (Phi) is 11.5. The molecule has 0 aromatic carbocycles. The number of hydrogen-bond donors (Lipinski definition) is 0. The van der Waals surface area contributed by atoms with Crippen LogP contribution in [-0.2, 0) is 25.5 Å². The zero-order valence-electron chi connectivity index (χ0n) is 31.3. The number of methoxy groups -OCH3 is 1. The van der Waals surface area contributed by atoms with E-state index >= 15 is 0 Å². The summed E-state index contributed by atoms with van der Waals surface area (Å²) in [6.07, 6.45) is 11.3. The Hall–Kier alpha value is -4.02. The topological polar surface area (TPSA) is 126 Å². The molecule has 0 radical (unpaired) electrons. The first-order chi connectivity index (χ1) is 23.9. The van der Waals surface area contributed by atoms with Gasteiger partial charge in [-0.05, 0) is 71.8 Å². The Labute approximate surface area is 316 Å². The SMILES string of the molecule is CCC/C(C)=C\COC(=O)CC[C@@H]1/C2=C3/c4[n-]c(c(C)c4C(=O)[C@@H]3C(=O)OC)/C=c3\[n-]/c(c(C)c3CC)=C\c3[n-]c(c(C)c3C)/C=C(\[N-]2)[C@H]1C.[Mg+2]. The van der Waals surface area contributed by atoms with Gasteiger partial charge in [-0.15, -0.1) is 33.5 Å². The summed E-state index contributed by atoms with van der Waals surface area (Å²) < 4.78 is 10.8. The van der Waals surface area contributed by atoms with E-state index in [2.05, 4.69) is 41.5 Å². The number of rotatable bonds is 9. The van der Waals surface area contributed by atoms with Crippen molar-refractivity contribution >= 4 is 64.6 Å². The number of esters is 2. The second-order valence-electron chi connectivity index (χ2n) is 13.8. The molecule has 0 amide bonds. The molecule has 5 heterocycles. The Morgan fingerprint density at radius 1 is 0.882 bits per heavy atom. The molecule has 0 spiro atoms. The number of carbonyl (C=O) groups excluding carboxylic acids is 3. The molecule has 2 aliphatic heterocycles. The van der Waals surface area contributed by atoms with E-state index in [1.807, 2.05) is 38.2 Å². The quantitative estimate of drug-likeness (QED) is 0.126. The van der Waals surface area contributed by atoms with Gasteiger partial charge in [-0.1, -0.05) is 84.4 Å². The van der Waals surface area contributed by atoms with Gasteiger partial charge in [0, 0.05) is 12.0 Å². The molecule has 8 bridgehead atoms. The van der Waals surface area contributed by atoms with Gasteiger partial charge in [-0.3, -0.25) is 14.4 Å². The Morgan fingerprint density at radius 3 is 2.22 bits per heavy atom. The number of hydrogen-bond acceptors (Lipinski definition) is 5. The smallest absolute Gasteiger partial charge is 0.664 e. The largest absolute Gasteiger partial charge is 2.00 e. The van der Waals surface area contributed by atoms with Gasteiger partial charge < -0.3 is 29.7 Å². The summed E-state index contributed by atoms with van der Waals surface area (Å²) >= 11 is 0. The number of carbonyl (C=O) groups is 3. The molecule has 10 heteroatoms. The first-order valence-corrected chi connectivity index (χ1v) is 17.7. The van der Waals surface area contributed by atoms with E-state index in [9.17, 15) is 14.4 Å². The second-order valence-corrected chi connectivity index (χ2v) is 13.8. The fraction of sp³-hybridized carbons (Fsp3) is 0.439. The van der Waals surface area contributed by atoms with Gasteiger partial charge in [-0.2, -0.15) is 11.4 Å². The molecule has 1 aliphatic carbocycles. The van der Waals surface area contributed by atoms with Crippen LogP contribution in [0.5, 0.6) is 0 Å². The van der Waals surface area contributed by atoms with Crippen LogP contribution in [0.25, 0.3) is 29.1 Å². The minimum atomic E-state index is -1.20. The third-order valence-electron chi connectivity index (χ3n) is 10.8. The van der Waals surface area contributed by atoms with Crippen molar-refractivity contribution in [2.75, 3.05) is 13.7 Å². The molecular formula is C41H46MgN4O5-2. The third kappa shape index (κ3) is 6.84. The average Bonchev–Trinajstić information content (AvgIpc) is 3.82. The zero-order chi connectivity index (χ0) is 36.0. The van der Waals surface area contributed by atoms with Crippen molar-refractivity contribution in [3.05, 3.63) is 95.2 Å². The van der Waals surface area contributed by atoms with Crippen LogP contribution < -0.4 is 25.7 Å². The van der Waals surface area contributed by atoms with Crippen LogP contribution in [0.3, 0.4) is 0 Å². The third-order valence-corrected chi connectivity index (χ3v) is 10.8. The predicted octanol–water partition coefficient (Wildman–Crippen LogP) is 5.39. The molecule has 1 fully saturated rings.